The van der Waals surface area contributed by atoms with Crippen molar-refractivity contribution in [2.75, 3.05) is 18.5 Å². The number of halogens is 3. The molecule has 2 N–H and O–H groups in total. The monoisotopic (exact) mass is 451 g/mol. The Labute approximate surface area is 185 Å². The Bertz CT molecular complexity index is 975. The highest BCUT2D eigenvalue weighted by Gasteiger charge is 2.30. The van der Waals surface area contributed by atoms with Crippen molar-refractivity contribution >= 4 is 17.6 Å². The average Bonchev–Trinajstić information content (AvgIpc) is 2.75. The molecule has 174 valence electrons. The molecule has 2 aromatic rings. The maximum absolute atomic E-state index is 12.8. The summed E-state index contributed by atoms with van der Waals surface area (Å²) in [5.41, 5.74) is 1.59. The number of pyridine rings is 1. The molecule has 0 aliphatic rings. The van der Waals surface area contributed by atoms with Crippen LogP contribution in [0.1, 0.15) is 59.9 Å². The molecule has 6 nitrogen and oxygen atoms in total. The first kappa shape index (κ1) is 25.2. The van der Waals surface area contributed by atoms with Gasteiger partial charge in [0.05, 0.1) is 12.1 Å². The third kappa shape index (κ3) is 6.45. The molecular formula is C23H28F3N3O3. The summed E-state index contributed by atoms with van der Waals surface area (Å²) in [7, 11) is 0. The molecule has 0 fully saturated rings. The zero-order valence-electron chi connectivity index (χ0n) is 18.7. The number of hydrogen-bond acceptors (Lipinski definition) is 4. The first-order valence-electron chi connectivity index (χ1n) is 10.5. The molecule has 0 radical (unpaired) electrons. The van der Waals surface area contributed by atoms with E-state index in [0.717, 1.165) is 23.4 Å². The van der Waals surface area contributed by atoms with Crippen LogP contribution >= 0.6 is 0 Å². The van der Waals surface area contributed by atoms with Crippen LogP contribution in [0, 0.1) is 6.92 Å². The Morgan fingerprint density at radius 3 is 2.38 bits per heavy atom. The van der Waals surface area contributed by atoms with E-state index in [2.05, 4.69) is 15.6 Å². The number of anilines is 1. The van der Waals surface area contributed by atoms with Crippen molar-refractivity contribution in [3.05, 3.63) is 52.2 Å². The van der Waals surface area contributed by atoms with Crippen LogP contribution in [0.5, 0.6) is 5.75 Å². The molecule has 0 aliphatic carbocycles. The van der Waals surface area contributed by atoms with Gasteiger partial charge in [0.1, 0.15) is 18.2 Å². The second-order valence-corrected chi connectivity index (χ2v) is 7.17. The summed E-state index contributed by atoms with van der Waals surface area (Å²) in [4.78, 5) is 29.0. The molecular weight excluding hydrogens is 423 g/mol. The second-order valence-electron chi connectivity index (χ2n) is 7.17. The average molecular weight is 451 g/mol. The van der Waals surface area contributed by atoms with Gasteiger partial charge in [0, 0.05) is 17.7 Å². The molecule has 0 atom stereocenters. The Morgan fingerprint density at radius 2 is 1.81 bits per heavy atom. The van der Waals surface area contributed by atoms with E-state index in [1.54, 1.807) is 13.0 Å². The van der Waals surface area contributed by atoms with Gasteiger partial charge in [-0.1, -0.05) is 20.8 Å². The van der Waals surface area contributed by atoms with E-state index in [1.165, 1.54) is 13.0 Å². The number of hydrogen-bond donors (Lipinski definition) is 2. The summed E-state index contributed by atoms with van der Waals surface area (Å²) < 4.78 is 43.9. The van der Waals surface area contributed by atoms with Crippen LogP contribution in [-0.2, 0) is 23.8 Å². The van der Waals surface area contributed by atoms with Gasteiger partial charge in [0.15, 0.2) is 0 Å². The Hall–Kier alpha value is -3.10. The lowest BCUT2D eigenvalue weighted by Gasteiger charge is -2.16. The number of nitrogens with one attached hydrogen (secondary N) is 2. The molecule has 9 heteroatoms. The van der Waals surface area contributed by atoms with Crippen LogP contribution in [0.25, 0.3) is 0 Å². The van der Waals surface area contributed by atoms with Gasteiger partial charge in [-0.25, -0.2) is 4.98 Å². The van der Waals surface area contributed by atoms with Crippen LogP contribution in [0.4, 0.5) is 19.0 Å². The largest absolute Gasteiger partial charge is 0.491 e. The van der Waals surface area contributed by atoms with Gasteiger partial charge < -0.3 is 15.4 Å². The van der Waals surface area contributed by atoms with Crippen LogP contribution < -0.4 is 15.4 Å². The Balaban J connectivity index is 2.06. The SMILES string of the molecule is CCC(=O)Nc1cc(C(=O)NCCOc2ccc(C(F)(F)F)cc2C)c(CC)c(CC)n1. The van der Waals surface area contributed by atoms with E-state index >= 15 is 0 Å². The summed E-state index contributed by atoms with van der Waals surface area (Å²) >= 11 is 0. The number of aromatic nitrogens is 1. The molecule has 1 aromatic carbocycles. The first-order chi connectivity index (χ1) is 15.1. The molecule has 0 spiro atoms. The molecule has 0 aliphatic heterocycles. The van der Waals surface area contributed by atoms with E-state index in [-0.39, 0.29) is 25.0 Å². The van der Waals surface area contributed by atoms with E-state index in [9.17, 15) is 22.8 Å². The van der Waals surface area contributed by atoms with Gasteiger partial charge in [-0.2, -0.15) is 13.2 Å². The van der Waals surface area contributed by atoms with Crippen molar-refractivity contribution in [3.8, 4) is 5.75 Å². The fourth-order valence-electron chi connectivity index (χ4n) is 3.22. The summed E-state index contributed by atoms with van der Waals surface area (Å²) in [6.07, 6.45) is -2.91. The van der Waals surface area contributed by atoms with E-state index < -0.39 is 11.7 Å². The van der Waals surface area contributed by atoms with Gasteiger partial charge in [-0.15, -0.1) is 0 Å². The number of carbonyl (C=O) groups excluding carboxylic acids is 2. The zero-order chi connectivity index (χ0) is 23.9. The van der Waals surface area contributed by atoms with E-state index in [4.69, 9.17) is 4.74 Å². The lowest BCUT2D eigenvalue weighted by molar-refractivity contribution is -0.137. The zero-order valence-corrected chi connectivity index (χ0v) is 18.7. The maximum Gasteiger partial charge on any atom is 0.416 e. The highest BCUT2D eigenvalue weighted by Crippen LogP contribution is 2.32. The summed E-state index contributed by atoms with van der Waals surface area (Å²) in [5.74, 6) is 0.116. The third-order valence-electron chi connectivity index (χ3n) is 4.88. The summed E-state index contributed by atoms with van der Waals surface area (Å²) in [5, 5.41) is 5.45. The predicted octanol–water partition coefficient (Wildman–Crippen LogP) is 4.69. The Kier molecular flexibility index (Phi) is 8.63. The minimum absolute atomic E-state index is 0.0878. The molecule has 0 bridgehead atoms. The first-order valence-corrected chi connectivity index (χ1v) is 10.5. The van der Waals surface area contributed by atoms with Crippen LogP contribution in [0.2, 0.25) is 0 Å². The molecule has 32 heavy (non-hydrogen) atoms. The lowest BCUT2D eigenvalue weighted by Crippen LogP contribution is -2.29. The van der Waals surface area contributed by atoms with E-state index in [1.807, 2.05) is 13.8 Å². The molecule has 2 rings (SSSR count). The lowest BCUT2D eigenvalue weighted by atomic mass is 10.0. The van der Waals surface area contributed by atoms with Gasteiger partial charge in [0.2, 0.25) is 5.91 Å². The van der Waals surface area contributed by atoms with Crippen LogP contribution in [0.3, 0.4) is 0 Å². The van der Waals surface area contributed by atoms with Gasteiger partial charge in [-0.3, -0.25) is 9.59 Å². The topological polar surface area (TPSA) is 80.3 Å². The highest BCUT2D eigenvalue weighted by atomic mass is 19.4. The molecule has 0 saturated heterocycles. The number of ether oxygens (including phenoxy) is 1. The van der Waals surface area contributed by atoms with Crippen molar-refractivity contribution < 1.29 is 27.5 Å². The smallest absolute Gasteiger partial charge is 0.416 e. The number of nitrogens with zero attached hydrogens (tertiary/aromatic N) is 1. The number of amides is 2. The number of alkyl halides is 3. The third-order valence-corrected chi connectivity index (χ3v) is 4.88. The number of benzene rings is 1. The number of rotatable bonds is 9. The highest BCUT2D eigenvalue weighted by molar-refractivity contribution is 5.98. The molecule has 0 saturated carbocycles. The van der Waals surface area contributed by atoms with Crippen LogP contribution in [0.15, 0.2) is 24.3 Å². The normalized spacial score (nSPS) is 11.2. The van der Waals surface area contributed by atoms with Crippen molar-refractivity contribution in [3.63, 3.8) is 0 Å². The van der Waals surface area contributed by atoms with Crippen molar-refractivity contribution in [2.45, 2.75) is 53.1 Å². The summed E-state index contributed by atoms with van der Waals surface area (Å²) in [6.45, 7) is 7.35. The van der Waals surface area contributed by atoms with Gasteiger partial charge in [0.25, 0.3) is 5.91 Å². The van der Waals surface area contributed by atoms with E-state index in [0.29, 0.717) is 42.0 Å². The standard InChI is InChI=1S/C23H28F3N3O3/c1-5-16-17(13-20(28-18(16)6-2)29-21(30)7-3)22(31)27-10-11-32-19-9-8-15(12-14(19)4)23(24,25)26/h8-9,12-13H,5-7,10-11H2,1-4H3,(H,27,31)(H,28,29,30). The van der Waals surface area contributed by atoms with Gasteiger partial charge >= 0.3 is 6.18 Å². The molecule has 2 amide bonds. The quantitative estimate of drug-likeness (QED) is 0.542. The molecule has 0 unspecified atom stereocenters. The minimum atomic E-state index is -4.41. The maximum atomic E-state index is 12.8. The predicted molar refractivity (Wildman–Crippen MR) is 116 cm³/mol. The Morgan fingerprint density at radius 1 is 1.09 bits per heavy atom. The summed E-state index contributed by atoms with van der Waals surface area (Å²) in [6, 6.07) is 4.82. The van der Waals surface area contributed by atoms with Crippen molar-refractivity contribution in [2.24, 2.45) is 0 Å². The fourth-order valence-corrected chi connectivity index (χ4v) is 3.22. The number of aryl methyl sites for hydroxylation is 2. The van der Waals surface area contributed by atoms with Crippen LogP contribution in [-0.4, -0.2) is 29.9 Å². The fraction of sp³-hybridized carbons (Fsp3) is 0.435. The van der Waals surface area contributed by atoms with Gasteiger partial charge in [-0.05, 0) is 55.2 Å². The molecule has 1 heterocycles. The number of carbonyl (C=O) groups is 2. The minimum Gasteiger partial charge on any atom is -0.491 e. The molecule has 1 aromatic heterocycles. The second kappa shape index (κ2) is 11.0. The van der Waals surface area contributed by atoms with Crippen molar-refractivity contribution in [1.82, 2.24) is 10.3 Å². The van der Waals surface area contributed by atoms with Crippen molar-refractivity contribution in [1.29, 1.82) is 0 Å².